The highest BCUT2D eigenvalue weighted by Crippen LogP contribution is 2.23. The SMILES string of the molecule is O=C(N[C@@H]1C[C@H]2C(=O)NCC(=O)N2C1)c1nc(-c2ccccc2)cs1. The van der Waals surface area contributed by atoms with Crippen LogP contribution in [-0.2, 0) is 9.59 Å². The molecule has 2 N–H and O–H groups in total. The molecule has 3 amide bonds. The number of amides is 3. The number of benzene rings is 1. The maximum absolute atomic E-state index is 12.4. The van der Waals surface area contributed by atoms with E-state index in [0.29, 0.717) is 18.0 Å². The Kier molecular flexibility index (Phi) is 3.96. The molecule has 0 bridgehead atoms. The first-order valence-electron chi connectivity index (χ1n) is 8.01. The molecule has 7 nitrogen and oxygen atoms in total. The van der Waals surface area contributed by atoms with Gasteiger partial charge in [0.05, 0.1) is 12.2 Å². The summed E-state index contributed by atoms with van der Waals surface area (Å²) >= 11 is 1.28. The van der Waals surface area contributed by atoms with Crippen LogP contribution in [0.25, 0.3) is 11.3 Å². The molecule has 8 heteroatoms. The van der Waals surface area contributed by atoms with Crippen molar-refractivity contribution in [2.45, 2.75) is 18.5 Å². The molecule has 25 heavy (non-hydrogen) atoms. The van der Waals surface area contributed by atoms with Crippen molar-refractivity contribution in [1.29, 1.82) is 0 Å². The standard InChI is InChI=1S/C17H16N4O3S/c22-14-7-18-15(23)13-6-11(8-21(13)14)19-16(24)17-20-12(9-25-17)10-4-2-1-3-5-10/h1-5,9,11,13H,6-8H2,(H,18,23)(H,19,24)/t11-,13+/m1/s1. The lowest BCUT2D eigenvalue weighted by molar-refractivity contribution is -0.143. The Labute approximate surface area is 148 Å². The van der Waals surface area contributed by atoms with Gasteiger partial charge in [-0.3, -0.25) is 14.4 Å². The van der Waals surface area contributed by atoms with Gasteiger partial charge in [-0.1, -0.05) is 30.3 Å². The fourth-order valence-electron chi connectivity index (χ4n) is 3.21. The Bertz CT molecular complexity index is 811. The maximum atomic E-state index is 12.4. The number of fused-ring (bicyclic) bond motifs is 1. The molecule has 0 saturated carbocycles. The van der Waals surface area contributed by atoms with Crippen molar-refractivity contribution in [2.24, 2.45) is 0 Å². The van der Waals surface area contributed by atoms with Gasteiger partial charge in [0.15, 0.2) is 5.01 Å². The van der Waals surface area contributed by atoms with Gasteiger partial charge in [-0.15, -0.1) is 11.3 Å². The first kappa shape index (κ1) is 15.8. The zero-order valence-electron chi connectivity index (χ0n) is 13.3. The minimum atomic E-state index is -0.484. The molecule has 3 heterocycles. The predicted molar refractivity (Wildman–Crippen MR) is 91.9 cm³/mol. The number of nitrogens with zero attached hydrogens (tertiary/aromatic N) is 2. The van der Waals surface area contributed by atoms with E-state index in [2.05, 4.69) is 15.6 Å². The van der Waals surface area contributed by atoms with E-state index >= 15 is 0 Å². The van der Waals surface area contributed by atoms with E-state index in [1.54, 1.807) is 4.90 Å². The van der Waals surface area contributed by atoms with Crippen LogP contribution in [0, 0.1) is 0 Å². The predicted octanol–water partition coefficient (Wildman–Crippen LogP) is 0.639. The molecule has 0 unspecified atom stereocenters. The maximum Gasteiger partial charge on any atom is 0.280 e. The summed E-state index contributed by atoms with van der Waals surface area (Å²) in [6.45, 7) is 0.391. The molecule has 128 valence electrons. The highest BCUT2D eigenvalue weighted by molar-refractivity contribution is 7.12. The fourth-order valence-corrected chi connectivity index (χ4v) is 3.94. The Morgan fingerprint density at radius 3 is 2.84 bits per heavy atom. The van der Waals surface area contributed by atoms with Gasteiger partial charge in [-0.2, -0.15) is 0 Å². The van der Waals surface area contributed by atoms with E-state index in [9.17, 15) is 14.4 Å². The number of hydrogen-bond donors (Lipinski definition) is 2. The number of thiazole rings is 1. The zero-order chi connectivity index (χ0) is 17.4. The molecule has 2 aliphatic rings. The van der Waals surface area contributed by atoms with Gasteiger partial charge in [0.1, 0.15) is 6.04 Å². The van der Waals surface area contributed by atoms with Crippen LogP contribution in [0.4, 0.5) is 0 Å². The molecule has 2 fully saturated rings. The Morgan fingerprint density at radius 2 is 2.08 bits per heavy atom. The van der Waals surface area contributed by atoms with Gasteiger partial charge in [0.2, 0.25) is 11.8 Å². The van der Waals surface area contributed by atoms with Crippen LogP contribution >= 0.6 is 11.3 Å². The van der Waals surface area contributed by atoms with E-state index < -0.39 is 6.04 Å². The zero-order valence-corrected chi connectivity index (χ0v) is 14.1. The third kappa shape index (κ3) is 3.00. The van der Waals surface area contributed by atoms with Crippen molar-refractivity contribution in [3.05, 3.63) is 40.7 Å². The highest BCUT2D eigenvalue weighted by atomic mass is 32.1. The quantitative estimate of drug-likeness (QED) is 0.844. The average molecular weight is 356 g/mol. The van der Waals surface area contributed by atoms with Crippen molar-refractivity contribution in [1.82, 2.24) is 20.5 Å². The van der Waals surface area contributed by atoms with Gasteiger partial charge < -0.3 is 15.5 Å². The number of nitrogens with one attached hydrogen (secondary N) is 2. The molecule has 2 atom stereocenters. The summed E-state index contributed by atoms with van der Waals surface area (Å²) in [4.78, 5) is 42.1. The average Bonchev–Trinajstić information content (AvgIpc) is 3.27. The van der Waals surface area contributed by atoms with Crippen LogP contribution in [0.2, 0.25) is 0 Å². The molecule has 0 aliphatic carbocycles. The minimum absolute atomic E-state index is 0.0307. The Hall–Kier alpha value is -2.74. The summed E-state index contributed by atoms with van der Waals surface area (Å²) in [6, 6.07) is 8.93. The lowest BCUT2D eigenvalue weighted by atomic mass is 10.1. The molecule has 1 aromatic heterocycles. The van der Waals surface area contributed by atoms with Crippen molar-refractivity contribution < 1.29 is 14.4 Å². The van der Waals surface area contributed by atoms with E-state index in [4.69, 9.17) is 0 Å². The van der Waals surface area contributed by atoms with Crippen LogP contribution < -0.4 is 10.6 Å². The Morgan fingerprint density at radius 1 is 1.28 bits per heavy atom. The second kappa shape index (κ2) is 6.29. The van der Waals surface area contributed by atoms with Crippen LogP contribution in [0.1, 0.15) is 16.2 Å². The van der Waals surface area contributed by atoms with E-state index in [1.165, 1.54) is 11.3 Å². The number of piperazine rings is 1. The summed E-state index contributed by atoms with van der Waals surface area (Å²) in [6.07, 6.45) is 0.431. The lowest BCUT2D eigenvalue weighted by Gasteiger charge is -2.28. The molecule has 1 aromatic carbocycles. The summed E-state index contributed by atoms with van der Waals surface area (Å²) in [5.74, 6) is -0.538. The van der Waals surface area contributed by atoms with Gasteiger partial charge in [0, 0.05) is 23.5 Å². The number of carbonyl (C=O) groups is 3. The first-order valence-corrected chi connectivity index (χ1v) is 8.89. The normalized spacial score (nSPS) is 22.5. The summed E-state index contributed by atoms with van der Waals surface area (Å²) in [7, 11) is 0. The third-order valence-corrected chi connectivity index (χ3v) is 5.28. The molecule has 2 aliphatic heterocycles. The molecule has 2 aromatic rings. The molecular formula is C17H16N4O3S. The van der Waals surface area contributed by atoms with Crippen molar-refractivity contribution >= 4 is 29.1 Å². The van der Waals surface area contributed by atoms with Crippen LogP contribution in [-0.4, -0.2) is 52.8 Å². The molecule has 2 saturated heterocycles. The second-order valence-corrected chi connectivity index (χ2v) is 6.95. The Balaban J connectivity index is 1.44. The van der Waals surface area contributed by atoms with E-state index in [-0.39, 0.29) is 30.3 Å². The first-order chi connectivity index (χ1) is 12.1. The van der Waals surface area contributed by atoms with Gasteiger partial charge in [-0.05, 0) is 6.42 Å². The highest BCUT2D eigenvalue weighted by Gasteiger charge is 2.42. The van der Waals surface area contributed by atoms with Crippen molar-refractivity contribution in [3.63, 3.8) is 0 Å². The second-order valence-electron chi connectivity index (χ2n) is 6.09. The lowest BCUT2D eigenvalue weighted by Crippen LogP contribution is -2.55. The molecule has 4 rings (SSSR count). The number of rotatable bonds is 3. The summed E-state index contributed by atoms with van der Waals surface area (Å²) in [5.41, 5.74) is 1.72. The van der Waals surface area contributed by atoms with Crippen LogP contribution in [0.3, 0.4) is 0 Å². The monoisotopic (exact) mass is 356 g/mol. The van der Waals surface area contributed by atoms with Gasteiger partial charge in [0.25, 0.3) is 5.91 Å². The molecular weight excluding hydrogens is 340 g/mol. The topological polar surface area (TPSA) is 91.4 Å². The number of carbonyl (C=O) groups excluding carboxylic acids is 3. The minimum Gasteiger partial charge on any atom is -0.345 e. The summed E-state index contributed by atoms with van der Waals surface area (Å²) in [5, 5.41) is 7.69. The largest absolute Gasteiger partial charge is 0.345 e. The number of hydrogen-bond acceptors (Lipinski definition) is 5. The summed E-state index contributed by atoms with van der Waals surface area (Å²) < 4.78 is 0. The third-order valence-electron chi connectivity index (χ3n) is 4.44. The van der Waals surface area contributed by atoms with E-state index in [0.717, 1.165) is 11.3 Å². The molecule has 0 spiro atoms. The molecule has 0 radical (unpaired) electrons. The van der Waals surface area contributed by atoms with Crippen LogP contribution in [0.5, 0.6) is 0 Å². The number of aromatic nitrogens is 1. The van der Waals surface area contributed by atoms with Gasteiger partial charge in [-0.25, -0.2) is 4.98 Å². The van der Waals surface area contributed by atoms with E-state index in [1.807, 2.05) is 35.7 Å². The van der Waals surface area contributed by atoms with Crippen molar-refractivity contribution in [2.75, 3.05) is 13.1 Å². The smallest absolute Gasteiger partial charge is 0.280 e. The fraction of sp³-hybridized carbons (Fsp3) is 0.294. The van der Waals surface area contributed by atoms with Crippen molar-refractivity contribution in [3.8, 4) is 11.3 Å². The van der Waals surface area contributed by atoms with Gasteiger partial charge >= 0.3 is 0 Å². The van der Waals surface area contributed by atoms with Crippen LogP contribution in [0.15, 0.2) is 35.7 Å².